The van der Waals surface area contributed by atoms with Crippen molar-refractivity contribution < 1.29 is 0 Å². The first-order valence-electron chi connectivity index (χ1n) is 9.22. The molecule has 0 N–H and O–H groups in total. The minimum Gasteiger partial charge on any atom is -0.353 e. The fourth-order valence-corrected chi connectivity index (χ4v) is 3.42. The van der Waals surface area contributed by atoms with Crippen LogP contribution in [0.4, 0.5) is 5.82 Å². The van der Waals surface area contributed by atoms with E-state index < -0.39 is 0 Å². The average Bonchev–Trinajstić information content (AvgIpc) is 2.69. The first-order chi connectivity index (χ1) is 12.8. The van der Waals surface area contributed by atoms with E-state index in [4.69, 9.17) is 9.97 Å². The summed E-state index contributed by atoms with van der Waals surface area (Å²) < 4.78 is 0. The number of aryl methyl sites for hydroxylation is 1. The summed E-state index contributed by atoms with van der Waals surface area (Å²) in [6.07, 6.45) is 4.46. The van der Waals surface area contributed by atoms with Gasteiger partial charge in [-0.25, -0.2) is 9.97 Å². The highest BCUT2D eigenvalue weighted by Crippen LogP contribution is 2.21. The predicted molar refractivity (Wildman–Crippen MR) is 108 cm³/mol. The van der Waals surface area contributed by atoms with Crippen LogP contribution in [0.3, 0.4) is 0 Å². The summed E-state index contributed by atoms with van der Waals surface area (Å²) in [7, 11) is 0. The van der Waals surface area contributed by atoms with E-state index in [-0.39, 0.29) is 0 Å². The number of para-hydroxylation sites is 2. The van der Waals surface area contributed by atoms with Gasteiger partial charge in [-0.2, -0.15) is 0 Å². The average molecular weight is 344 g/mol. The van der Waals surface area contributed by atoms with E-state index in [1.807, 2.05) is 30.3 Å². The number of fused-ring (bicyclic) bond motifs is 1. The second-order valence-corrected chi connectivity index (χ2v) is 6.72. The lowest BCUT2D eigenvalue weighted by atomic mass is 10.2. The fourth-order valence-electron chi connectivity index (χ4n) is 3.42. The Hall–Kier alpha value is -2.72. The molecular formula is C22H24N4. The molecular weight excluding hydrogens is 320 g/mol. The van der Waals surface area contributed by atoms with Gasteiger partial charge in [0.25, 0.3) is 0 Å². The second kappa shape index (κ2) is 7.67. The molecule has 0 saturated carbocycles. The minimum atomic E-state index is 0.971. The number of nitrogens with zero attached hydrogens (tertiary/aromatic N) is 4. The van der Waals surface area contributed by atoms with Gasteiger partial charge in [-0.15, -0.1) is 0 Å². The molecule has 4 nitrogen and oxygen atoms in total. The van der Waals surface area contributed by atoms with Crippen LogP contribution in [0, 0.1) is 6.92 Å². The normalized spacial score (nSPS) is 15.8. The van der Waals surface area contributed by atoms with Crippen LogP contribution < -0.4 is 4.90 Å². The monoisotopic (exact) mass is 344 g/mol. The number of hydrogen-bond donors (Lipinski definition) is 0. The van der Waals surface area contributed by atoms with Crippen LogP contribution in [0.1, 0.15) is 11.3 Å². The van der Waals surface area contributed by atoms with Crippen LogP contribution in [0.2, 0.25) is 0 Å². The molecule has 132 valence electrons. The summed E-state index contributed by atoms with van der Waals surface area (Å²) >= 11 is 0. The molecule has 1 aromatic heterocycles. The number of anilines is 1. The Kier molecular flexibility index (Phi) is 4.93. The van der Waals surface area contributed by atoms with E-state index in [0.717, 1.165) is 55.3 Å². The third-order valence-corrected chi connectivity index (χ3v) is 4.87. The van der Waals surface area contributed by atoms with Gasteiger partial charge in [0.15, 0.2) is 5.82 Å². The molecule has 0 radical (unpaired) electrons. The molecule has 1 fully saturated rings. The third-order valence-electron chi connectivity index (χ3n) is 4.87. The molecule has 2 aromatic carbocycles. The molecule has 1 aliphatic rings. The molecule has 4 rings (SSSR count). The van der Waals surface area contributed by atoms with E-state index in [2.05, 4.69) is 53.1 Å². The number of rotatable bonds is 4. The van der Waals surface area contributed by atoms with Crippen LogP contribution in [-0.4, -0.2) is 47.6 Å². The first-order valence-corrected chi connectivity index (χ1v) is 9.22. The zero-order valence-electron chi connectivity index (χ0n) is 15.2. The van der Waals surface area contributed by atoms with Gasteiger partial charge in [0.05, 0.1) is 16.7 Å². The summed E-state index contributed by atoms with van der Waals surface area (Å²) in [6.45, 7) is 7.13. The van der Waals surface area contributed by atoms with Crippen LogP contribution in [0.15, 0.2) is 60.7 Å². The minimum absolute atomic E-state index is 0.971. The lowest BCUT2D eigenvalue weighted by molar-refractivity contribution is 0.283. The number of aromatic nitrogens is 2. The molecule has 3 aromatic rings. The highest BCUT2D eigenvalue weighted by Gasteiger charge is 2.19. The SMILES string of the molecule is Cc1nc2ccccc2nc1N1CCN(CC=Cc2ccccc2)CC1. The fraction of sp³-hybridized carbons (Fsp3) is 0.273. The zero-order chi connectivity index (χ0) is 17.8. The topological polar surface area (TPSA) is 32.3 Å². The molecule has 0 spiro atoms. The van der Waals surface area contributed by atoms with Crippen molar-refractivity contribution in [2.24, 2.45) is 0 Å². The highest BCUT2D eigenvalue weighted by atomic mass is 15.3. The Balaban J connectivity index is 1.38. The van der Waals surface area contributed by atoms with E-state index in [0.29, 0.717) is 0 Å². The van der Waals surface area contributed by atoms with Crippen molar-refractivity contribution in [3.05, 3.63) is 71.9 Å². The number of hydrogen-bond acceptors (Lipinski definition) is 4. The third kappa shape index (κ3) is 3.75. The zero-order valence-corrected chi connectivity index (χ0v) is 15.2. The van der Waals surface area contributed by atoms with Crippen LogP contribution in [-0.2, 0) is 0 Å². The molecule has 0 unspecified atom stereocenters. The van der Waals surface area contributed by atoms with E-state index in [1.54, 1.807) is 0 Å². The van der Waals surface area contributed by atoms with Crippen LogP contribution in [0.5, 0.6) is 0 Å². The van der Waals surface area contributed by atoms with E-state index in [1.165, 1.54) is 5.56 Å². The molecule has 0 atom stereocenters. The van der Waals surface area contributed by atoms with Gasteiger partial charge in [-0.3, -0.25) is 4.90 Å². The summed E-state index contributed by atoms with van der Waals surface area (Å²) in [6, 6.07) is 18.6. The van der Waals surface area contributed by atoms with Gasteiger partial charge < -0.3 is 4.90 Å². The van der Waals surface area contributed by atoms with Crippen molar-refractivity contribution in [2.45, 2.75) is 6.92 Å². The van der Waals surface area contributed by atoms with E-state index >= 15 is 0 Å². The Labute approximate surface area is 154 Å². The molecule has 2 heterocycles. The molecule has 1 aliphatic heterocycles. The van der Waals surface area contributed by atoms with Gasteiger partial charge in [0.1, 0.15) is 0 Å². The second-order valence-electron chi connectivity index (χ2n) is 6.72. The summed E-state index contributed by atoms with van der Waals surface area (Å²) in [5, 5.41) is 0. The molecule has 0 aliphatic carbocycles. The smallest absolute Gasteiger partial charge is 0.150 e. The lowest BCUT2D eigenvalue weighted by Gasteiger charge is -2.35. The molecule has 0 bridgehead atoms. The maximum atomic E-state index is 4.86. The Morgan fingerprint density at radius 3 is 2.23 bits per heavy atom. The van der Waals surface area contributed by atoms with E-state index in [9.17, 15) is 0 Å². The van der Waals surface area contributed by atoms with Gasteiger partial charge in [-0.1, -0.05) is 54.6 Å². The lowest BCUT2D eigenvalue weighted by Crippen LogP contribution is -2.46. The Morgan fingerprint density at radius 1 is 0.846 bits per heavy atom. The predicted octanol–water partition coefficient (Wildman–Crippen LogP) is 3.77. The van der Waals surface area contributed by atoms with Crippen molar-refractivity contribution >= 4 is 22.9 Å². The van der Waals surface area contributed by atoms with Crippen molar-refractivity contribution in [3.63, 3.8) is 0 Å². The van der Waals surface area contributed by atoms with Crippen molar-refractivity contribution in [1.29, 1.82) is 0 Å². The first kappa shape index (κ1) is 16.7. The maximum absolute atomic E-state index is 4.86. The van der Waals surface area contributed by atoms with Crippen LogP contribution >= 0.6 is 0 Å². The quantitative estimate of drug-likeness (QED) is 0.721. The molecule has 26 heavy (non-hydrogen) atoms. The molecule has 4 heteroatoms. The van der Waals surface area contributed by atoms with Gasteiger partial charge in [-0.05, 0) is 24.6 Å². The number of benzene rings is 2. The van der Waals surface area contributed by atoms with Crippen molar-refractivity contribution in [3.8, 4) is 0 Å². The van der Waals surface area contributed by atoms with Gasteiger partial charge >= 0.3 is 0 Å². The Bertz CT molecular complexity index is 896. The standard InChI is InChI=1S/C22H24N4/c1-18-22(24-21-12-6-5-11-20(21)23-18)26-16-14-25(15-17-26)13-7-10-19-8-3-2-4-9-19/h2-12H,13-17H2,1H3. The Morgan fingerprint density at radius 2 is 1.50 bits per heavy atom. The summed E-state index contributed by atoms with van der Waals surface area (Å²) in [5.74, 6) is 1.03. The maximum Gasteiger partial charge on any atom is 0.150 e. The molecule has 0 amide bonds. The van der Waals surface area contributed by atoms with Crippen molar-refractivity contribution in [2.75, 3.05) is 37.6 Å². The summed E-state index contributed by atoms with van der Waals surface area (Å²) in [4.78, 5) is 14.4. The molecule has 1 saturated heterocycles. The largest absolute Gasteiger partial charge is 0.353 e. The van der Waals surface area contributed by atoms with Gasteiger partial charge in [0, 0.05) is 32.7 Å². The van der Waals surface area contributed by atoms with Crippen LogP contribution in [0.25, 0.3) is 17.1 Å². The number of piperazine rings is 1. The highest BCUT2D eigenvalue weighted by molar-refractivity contribution is 5.76. The van der Waals surface area contributed by atoms with Crippen molar-refractivity contribution in [1.82, 2.24) is 14.9 Å². The summed E-state index contributed by atoms with van der Waals surface area (Å²) in [5.41, 5.74) is 4.22. The van der Waals surface area contributed by atoms with Gasteiger partial charge in [0.2, 0.25) is 0 Å².